The van der Waals surface area contributed by atoms with Crippen LogP contribution in [0.4, 0.5) is 10.5 Å². The van der Waals surface area contributed by atoms with Gasteiger partial charge in [-0.2, -0.15) is 10.1 Å². The minimum absolute atomic E-state index is 0.524. The van der Waals surface area contributed by atoms with Gasteiger partial charge in [-0.1, -0.05) is 0 Å². The summed E-state index contributed by atoms with van der Waals surface area (Å²) in [4.78, 5) is 16.4. The molecule has 1 aromatic carbocycles. The monoisotopic (exact) mass is 423 g/mol. The number of aromatic nitrogens is 1. The second-order valence-electron chi connectivity index (χ2n) is 5.79. The maximum Gasteiger partial charge on any atom is 0.435 e. The number of rotatable bonds is 3. The molecule has 0 atom stereocenters. The molecule has 0 saturated heterocycles. The Morgan fingerprint density at radius 1 is 1.17 bits per heavy atom. The van der Waals surface area contributed by atoms with Crippen LogP contribution >= 0.6 is 22.6 Å². The zero-order valence-electron chi connectivity index (χ0n) is 13.2. The lowest BCUT2D eigenvalue weighted by Crippen LogP contribution is -2.33. The number of hydrogen-bond acceptors (Lipinski definition) is 4. The van der Waals surface area contributed by atoms with Crippen LogP contribution in [-0.2, 0) is 4.74 Å². The maximum absolute atomic E-state index is 12.4. The summed E-state index contributed by atoms with van der Waals surface area (Å²) in [5, 5.41) is 5.53. The molecule has 1 aromatic heterocycles. The Bertz CT molecular complexity index is 679. The van der Waals surface area contributed by atoms with Crippen LogP contribution in [0.25, 0.3) is 0 Å². The van der Waals surface area contributed by atoms with E-state index < -0.39 is 11.7 Å². The van der Waals surface area contributed by atoms with Gasteiger partial charge >= 0.3 is 6.09 Å². The highest BCUT2D eigenvalue weighted by atomic mass is 127. The van der Waals surface area contributed by atoms with Crippen LogP contribution in [0.5, 0.6) is 0 Å². The lowest BCUT2D eigenvalue weighted by Gasteiger charge is -2.24. The van der Waals surface area contributed by atoms with E-state index in [1.165, 1.54) is 5.01 Å². The summed E-state index contributed by atoms with van der Waals surface area (Å²) in [5.74, 6) is 0. The van der Waals surface area contributed by atoms with Gasteiger partial charge in [-0.15, -0.1) is 0 Å². The summed E-state index contributed by atoms with van der Waals surface area (Å²) in [5.41, 5.74) is 0.897. The standard InChI is InChI=1S/C17H18IN3O2/c1-17(2,3)23-16(22)21(15-6-4-14(18)5-7-15)20-12-13-8-10-19-11-9-13/h4-12H,1-3H3/b20-12+. The van der Waals surface area contributed by atoms with E-state index in [2.05, 4.69) is 32.7 Å². The van der Waals surface area contributed by atoms with Crippen molar-refractivity contribution in [1.29, 1.82) is 0 Å². The van der Waals surface area contributed by atoms with Crippen molar-refractivity contribution in [3.63, 3.8) is 0 Å². The Kier molecular flexibility index (Phi) is 5.70. The number of halogens is 1. The van der Waals surface area contributed by atoms with Crippen molar-refractivity contribution in [3.8, 4) is 0 Å². The summed E-state index contributed by atoms with van der Waals surface area (Å²) >= 11 is 2.21. The van der Waals surface area contributed by atoms with Crippen LogP contribution in [0.3, 0.4) is 0 Å². The van der Waals surface area contributed by atoms with Gasteiger partial charge in [0.15, 0.2) is 0 Å². The van der Waals surface area contributed by atoms with Gasteiger partial charge in [-0.25, -0.2) is 4.79 Å². The number of hydrazone groups is 1. The van der Waals surface area contributed by atoms with Gasteiger partial charge in [-0.05, 0) is 85.3 Å². The lowest BCUT2D eigenvalue weighted by atomic mass is 10.2. The normalized spacial score (nSPS) is 11.5. The zero-order chi connectivity index (χ0) is 16.9. The number of benzene rings is 1. The molecule has 23 heavy (non-hydrogen) atoms. The number of carbonyl (C=O) groups excluding carboxylic acids is 1. The topological polar surface area (TPSA) is 54.8 Å². The third kappa shape index (κ3) is 5.63. The minimum atomic E-state index is -0.593. The Labute approximate surface area is 149 Å². The average molecular weight is 423 g/mol. The van der Waals surface area contributed by atoms with Crippen molar-refractivity contribution < 1.29 is 9.53 Å². The van der Waals surface area contributed by atoms with Gasteiger partial charge in [0.2, 0.25) is 0 Å². The van der Waals surface area contributed by atoms with Crippen molar-refractivity contribution in [2.24, 2.45) is 5.10 Å². The molecular formula is C17H18IN3O2. The second-order valence-corrected chi connectivity index (χ2v) is 7.04. The highest BCUT2D eigenvalue weighted by molar-refractivity contribution is 14.1. The molecule has 0 N–H and O–H groups in total. The van der Waals surface area contributed by atoms with Crippen LogP contribution < -0.4 is 5.01 Å². The maximum atomic E-state index is 12.4. The predicted molar refractivity (Wildman–Crippen MR) is 99.7 cm³/mol. The number of carbonyl (C=O) groups is 1. The Balaban J connectivity index is 2.29. The van der Waals surface area contributed by atoms with Crippen LogP contribution in [0, 0.1) is 3.57 Å². The molecule has 0 aliphatic rings. The highest BCUT2D eigenvalue weighted by Crippen LogP contribution is 2.20. The molecule has 0 spiro atoms. The van der Waals surface area contributed by atoms with E-state index in [-0.39, 0.29) is 0 Å². The molecule has 2 rings (SSSR count). The molecule has 6 heteroatoms. The summed E-state index contributed by atoms with van der Waals surface area (Å²) in [7, 11) is 0. The summed E-state index contributed by atoms with van der Waals surface area (Å²) in [6, 6.07) is 11.1. The Morgan fingerprint density at radius 3 is 2.35 bits per heavy atom. The zero-order valence-corrected chi connectivity index (χ0v) is 15.4. The lowest BCUT2D eigenvalue weighted by molar-refractivity contribution is 0.0581. The first-order valence-corrected chi connectivity index (χ1v) is 8.16. The van der Waals surface area contributed by atoms with E-state index >= 15 is 0 Å². The van der Waals surface area contributed by atoms with E-state index in [9.17, 15) is 4.79 Å². The third-order valence-electron chi connectivity index (χ3n) is 2.67. The fraction of sp³-hybridized carbons (Fsp3) is 0.235. The Hall–Kier alpha value is -1.96. The number of ether oxygens (including phenoxy) is 1. The van der Waals surface area contributed by atoms with Crippen molar-refractivity contribution in [3.05, 3.63) is 57.9 Å². The van der Waals surface area contributed by atoms with Gasteiger partial charge in [0, 0.05) is 16.0 Å². The summed E-state index contributed by atoms with van der Waals surface area (Å²) in [6.07, 6.45) is 4.42. The molecule has 0 radical (unpaired) electrons. The smallest absolute Gasteiger partial charge is 0.435 e. The van der Waals surface area contributed by atoms with Crippen molar-refractivity contribution in [2.45, 2.75) is 26.4 Å². The van der Waals surface area contributed by atoms with Crippen LogP contribution in [0.15, 0.2) is 53.9 Å². The summed E-state index contributed by atoms with van der Waals surface area (Å²) in [6.45, 7) is 5.47. The van der Waals surface area contributed by atoms with E-state index in [0.717, 1.165) is 9.13 Å². The molecule has 120 valence electrons. The van der Waals surface area contributed by atoms with E-state index in [4.69, 9.17) is 4.74 Å². The first kappa shape index (κ1) is 17.4. The minimum Gasteiger partial charge on any atom is -0.442 e. The van der Waals surface area contributed by atoms with Gasteiger partial charge in [-0.3, -0.25) is 4.98 Å². The molecule has 1 amide bonds. The van der Waals surface area contributed by atoms with E-state index in [0.29, 0.717) is 5.69 Å². The molecule has 1 heterocycles. The number of anilines is 1. The largest absolute Gasteiger partial charge is 0.442 e. The van der Waals surface area contributed by atoms with E-state index in [1.54, 1.807) is 18.6 Å². The highest BCUT2D eigenvalue weighted by Gasteiger charge is 2.23. The number of nitrogens with zero attached hydrogens (tertiary/aromatic N) is 3. The first-order chi connectivity index (χ1) is 10.8. The predicted octanol–water partition coefficient (Wildman–Crippen LogP) is 4.46. The van der Waals surface area contributed by atoms with Gasteiger partial charge in [0.25, 0.3) is 0 Å². The number of amides is 1. The van der Waals surface area contributed by atoms with Crippen molar-refractivity contribution in [2.75, 3.05) is 5.01 Å². The molecule has 5 nitrogen and oxygen atoms in total. The summed E-state index contributed by atoms with van der Waals surface area (Å²) < 4.78 is 6.51. The van der Waals surface area contributed by atoms with Crippen LogP contribution in [-0.4, -0.2) is 22.9 Å². The molecule has 0 unspecified atom stereocenters. The number of pyridine rings is 1. The molecular weight excluding hydrogens is 405 g/mol. The molecule has 0 saturated carbocycles. The third-order valence-corrected chi connectivity index (χ3v) is 3.39. The molecule has 2 aromatic rings. The van der Waals surface area contributed by atoms with Crippen LogP contribution in [0.1, 0.15) is 26.3 Å². The Morgan fingerprint density at radius 2 is 1.78 bits per heavy atom. The fourth-order valence-electron chi connectivity index (χ4n) is 1.68. The van der Waals surface area contributed by atoms with E-state index in [1.807, 2.05) is 57.2 Å². The van der Waals surface area contributed by atoms with Gasteiger partial charge in [0.1, 0.15) is 5.60 Å². The SMILES string of the molecule is CC(C)(C)OC(=O)N(/N=C/c1ccncc1)c1ccc(I)cc1. The quantitative estimate of drug-likeness (QED) is 0.416. The fourth-order valence-corrected chi connectivity index (χ4v) is 2.04. The van der Waals surface area contributed by atoms with Gasteiger partial charge in [0.05, 0.1) is 11.9 Å². The molecule has 0 aliphatic heterocycles. The van der Waals surface area contributed by atoms with Crippen molar-refractivity contribution >= 4 is 40.6 Å². The van der Waals surface area contributed by atoms with Crippen molar-refractivity contribution in [1.82, 2.24) is 4.98 Å². The molecule has 0 bridgehead atoms. The second kappa shape index (κ2) is 7.54. The molecule has 0 aliphatic carbocycles. The van der Waals surface area contributed by atoms with Crippen LogP contribution in [0.2, 0.25) is 0 Å². The molecule has 0 fully saturated rings. The first-order valence-electron chi connectivity index (χ1n) is 7.08. The van der Waals surface area contributed by atoms with Gasteiger partial charge < -0.3 is 4.74 Å². The number of hydrogen-bond donors (Lipinski definition) is 0. The average Bonchev–Trinajstić information content (AvgIpc) is 2.48.